The van der Waals surface area contributed by atoms with Crippen LogP contribution in [-0.2, 0) is 11.2 Å². The summed E-state index contributed by atoms with van der Waals surface area (Å²) < 4.78 is 0.759. The van der Waals surface area contributed by atoms with Gasteiger partial charge in [0.2, 0.25) is 5.91 Å². The summed E-state index contributed by atoms with van der Waals surface area (Å²) in [4.78, 5) is 24.6. The Hall–Kier alpha value is -1.17. The van der Waals surface area contributed by atoms with Crippen molar-refractivity contribution in [2.75, 3.05) is 31.6 Å². The van der Waals surface area contributed by atoms with E-state index in [2.05, 4.69) is 25.9 Å². The van der Waals surface area contributed by atoms with Crippen LogP contribution in [0.3, 0.4) is 0 Å². The Morgan fingerprint density at radius 1 is 1.42 bits per heavy atom. The third-order valence-corrected chi connectivity index (χ3v) is 3.67. The van der Waals surface area contributed by atoms with Gasteiger partial charge in [-0.3, -0.25) is 4.79 Å². The van der Waals surface area contributed by atoms with Gasteiger partial charge < -0.3 is 9.80 Å². The Morgan fingerprint density at radius 3 is 2.74 bits per heavy atom. The highest BCUT2D eigenvalue weighted by Crippen LogP contribution is 2.16. The summed E-state index contributed by atoms with van der Waals surface area (Å²) in [5.41, 5.74) is 0. The predicted molar refractivity (Wildman–Crippen MR) is 78.2 cm³/mol. The second-order valence-electron chi connectivity index (χ2n) is 4.76. The second kappa shape index (κ2) is 6.32. The van der Waals surface area contributed by atoms with E-state index in [0.717, 1.165) is 48.6 Å². The normalized spacial score (nSPS) is 14.8. The molecule has 0 aromatic carbocycles. The maximum atomic E-state index is 12.1. The minimum absolute atomic E-state index is 0.174. The molecular weight excluding hydrogens is 308 g/mol. The second-order valence-corrected chi connectivity index (χ2v) is 5.58. The first-order chi connectivity index (χ1) is 9.10. The molecule has 0 bridgehead atoms. The Balaban J connectivity index is 2.04. The lowest BCUT2D eigenvalue weighted by Gasteiger charge is -2.22. The minimum Gasteiger partial charge on any atom is -0.350 e. The van der Waals surface area contributed by atoms with E-state index in [1.807, 2.05) is 29.8 Å². The topological polar surface area (TPSA) is 49.3 Å². The van der Waals surface area contributed by atoms with Crippen molar-refractivity contribution in [2.24, 2.45) is 0 Å². The number of nitrogens with zero attached hydrogens (tertiary/aromatic N) is 4. The summed E-state index contributed by atoms with van der Waals surface area (Å²) in [7, 11) is 1.89. The quantitative estimate of drug-likeness (QED) is 0.792. The Kier molecular flexibility index (Phi) is 4.74. The number of aromatic nitrogens is 2. The van der Waals surface area contributed by atoms with Gasteiger partial charge in [-0.25, -0.2) is 9.97 Å². The van der Waals surface area contributed by atoms with Gasteiger partial charge in [-0.1, -0.05) is 6.92 Å². The van der Waals surface area contributed by atoms with Crippen molar-refractivity contribution in [3.8, 4) is 0 Å². The molecule has 0 spiro atoms. The maximum Gasteiger partial charge on any atom is 0.242 e. The van der Waals surface area contributed by atoms with Gasteiger partial charge in [-0.15, -0.1) is 0 Å². The molecule has 104 valence electrons. The average molecular weight is 327 g/mol. The molecule has 0 unspecified atom stereocenters. The molecule has 19 heavy (non-hydrogen) atoms. The first-order valence-electron chi connectivity index (χ1n) is 6.62. The van der Waals surface area contributed by atoms with Crippen LogP contribution in [0.2, 0.25) is 0 Å². The molecule has 1 amide bonds. The molecule has 1 aromatic heterocycles. The smallest absolute Gasteiger partial charge is 0.242 e. The number of hydrogen-bond acceptors (Lipinski definition) is 4. The highest BCUT2D eigenvalue weighted by atomic mass is 79.9. The van der Waals surface area contributed by atoms with Gasteiger partial charge in [0.15, 0.2) is 0 Å². The molecule has 0 atom stereocenters. The molecular formula is C13H19BrN4O. The first-order valence-corrected chi connectivity index (χ1v) is 7.42. The minimum atomic E-state index is 0.174. The van der Waals surface area contributed by atoms with Crippen LogP contribution in [0.4, 0.5) is 5.82 Å². The van der Waals surface area contributed by atoms with Crippen molar-refractivity contribution in [3.05, 3.63) is 16.5 Å². The highest BCUT2D eigenvalue weighted by Gasteiger charge is 2.19. The lowest BCUT2D eigenvalue weighted by Crippen LogP contribution is -2.37. The van der Waals surface area contributed by atoms with E-state index in [9.17, 15) is 4.79 Å². The standard InChI is InChI=1S/C13H19BrN4O/c1-3-11-15-10(14)8-12(16-11)17(2)9-13(19)18-6-4-5-7-18/h8H,3-7,9H2,1-2H3. The zero-order chi connectivity index (χ0) is 13.8. The van der Waals surface area contributed by atoms with E-state index < -0.39 is 0 Å². The summed E-state index contributed by atoms with van der Waals surface area (Å²) in [5, 5.41) is 0. The summed E-state index contributed by atoms with van der Waals surface area (Å²) in [5.74, 6) is 1.74. The van der Waals surface area contributed by atoms with Crippen LogP contribution in [0, 0.1) is 0 Å². The molecule has 1 aliphatic heterocycles. The highest BCUT2D eigenvalue weighted by molar-refractivity contribution is 9.10. The summed E-state index contributed by atoms with van der Waals surface area (Å²) in [6, 6.07) is 1.84. The van der Waals surface area contributed by atoms with Crippen LogP contribution in [0.1, 0.15) is 25.6 Å². The third-order valence-electron chi connectivity index (χ3n) is 3.27. The van der Waals surface area contributed by atoms with E-state index in [1.54, 1.807) is 0 Å². The summed E-state index contributed by atoms with van der Waals surface area (Å²) >= 11 is 3.38. The molecule has 0 N–H and O–H groups in total. The summed E-state index contributed by atoms with van der Waals surface area (Å²) in [6.07, 6.45) is 3.02. The fraction of sp³-hybridized carbons (Fsp3) is 0.615. The molecule has 0 saturated carbocycles. The Labute approximate surface area is 122 Å². The van der Waals surface area contributed by atoms with E-state index in [1.165, 1.54) is 0 Å². The van der Waals surface area contributed by atoms with Gasteiger partial charge in [0, 0.05) is 32.6 Å². The molecule has 2 rings (SSSR count). The van der Waals surface area contributed by atoms with Gasteiger partial charge in [-0.05, 0) is 28.8 Å². The van der Waals surface area contributed by atoms with Crippen molar-refractivity contribution >= 4 is 27.7 Å². The number of carbonyl (C=O) groups is 1. The number of rotatable bonds is 4. The van der Waals surface area contributed by atoms with Crippen LogP contribution >= 0.6 is 15.9 Å². The van der Waals surface area contributed by atoms with Crippen LogP contribution in [0.25, 0.3) is 0 Å². The average Bonchev–Trinajstić information content (AvgIpc) is 2.91. The van der Waals surface area contributed by atoms with Gasteiger partial charge >= 0.3 is 0 Å². The molecule has 1 saturated heterocycles. The van der Waals surface area contributed by atoms with Crippen LogP contribution < -0.4 is 4.90 Å². The number of amides is 1. The van der Waals surface area contributed by atoms with Crippen LogP contribution in [0.5, 0.6) is 0 Å². The van der Waals surface area contributed by atoms with Crippen molar-refractivity contribution in [1.82, 2.24) is 14.9 Å². The number of likely N-dealkylation sites (N-methyl/N-ethyl adjacent to an activating group) is 1. The molecule has 0 aliphatic carbocycles. The molecule has 6 heteroatoms. The van der Waals surface area contributed by atoms with E-state index in [4.69, 9.17) is 0 Å². The van der Waals surface area contributed by atoms with E-state index in [0.29, 0.717) is 6.54 Å². The lowest BCUT2D eigenvalue weighted by molar-refractivity contribution is -0.128. The zero-order valence-electron chi connectivity index (χ0n) is 11.4. The van der Waals surface area contributed by atoms with Gasteiger partial charge in [0.25, 0.3) is 0 Å². The largest absolute Gasteiger partial charge is 0.350 e. The van der Waals surface area contributed by atoms with Gasteiger partial charge in [0.05, 0.1) is 6.54 Å². The number of carbonyl (C=O) groups excluding carboxylic acids is 1. The fourth-order valence-electron chi connectivity index (χ4n) is 2.16. The lowest BCUT2D eigenvalue weighted by atomic mass is 10.4. The molecule has 1 fully saturated rings. The first kappa shape index (κ1) is 14.2. The zero-order valence-corrected chi connectivity index (χ0v) is 13.0. The summed E-state index contributed by atoms with van der Waals surface area (Å²) in [6.45, 7) is 4.16. The Morgan fingerprint density at radius 2 is 2.11 bits per heavy atom. The van der Waals surface area contributed by atoms with Gasteiger partial charge in [-0.2, -0.15) is 0 Å². The third kappa shape index (κ3) is 3.65. The molecule has 1 aliphatic rings. The number of hydrogen-bond donors (Lipinski definition) is 0. The van der Waals surface area contributed by atoms with E-state index >= 15 is 0 Å². The SMILES string of the molecule is CCc1nc(Br)cc(N(C)CC(=O)N2CCCC2)n1. The van der Waals surface area contributed by atoms with Crippen molar-refractivity contribution < 1.29 is 4.79 Å². The van der Waals surface area contributed by atoms with Crippen molar-refractivity contribution in [1.29, 1.82) is 0 Å². The van der Waals surface area contributed by atoms with Crippen LogP contribution in [0.15, 0.2) is 10.7 Å². The fourth-order valence-corrected chi connectivity index (χ4v) is 2.57. The molecule has 5 nitrogen and oxygen atoms in total. The van der Waals surface area contributed by atoms with Crippen molar-refractivity contribution in [3.63, 3.8) is 0 Å². The number of anilines is 1. The molecule has 0 radical (unpaired) electrons. The molecule has 2 heterocycles. The monoisotopic (exact) mass is 326 g/mol. The number of aryl methyl sites for hydroxylation is 1. The Bertz CT molecular complexity index is 460. The molecule has 1 aromatic rings. The van der Waals surface area contributed by atoms with Crippen molar-refractivity contribution in [2.45, 2.75) is 26.2 Å². The number of halogens is 1. The van der Waals surface area contributed by atoms with E-state index in [-0.39, 0.29) is 5.91 Å². The maximum absolute atomic E-state index is 12.1. The number of likely N-dealkylation sites (tertiary alicyclic amines) is 1. The predicted octanol–water partition coefficient (Wildman–Crippen LogP) is 1.86. The van der Waals surface area contributed by atoms with Crippen LogP contribution in [-0.4, -0.2) is 47.5 Å². The van der Waals surface area contributed by atoms with Gasteiger partial charge in [0.1, 0.15) is 16.2 Å².